The number of carbonyl (C=O) groups is 2. The molecule has 0 aliphatic carbocycles. The standard InChI is InChI=1S/C29H34N6O3S/c1-5-20-21(15-30)25(33-26(22(20)16-31)39-23(24(32)36)19-9-7-6-8-10-19)34-13-11-29(12-14-34)17-35(18-29)27(37)38-28(2,3)4/h6-10,23H,5,11-14,17-18H2,1-4H3,(H2,32,36). The number of hydrogen-bond donors (Lipinski definition) is 1. The molecule has 3 heterocycles. The lowest BCUT2D eigenvalue weighted by atomic mass is 9.72. The van der Waals surface area contributed by atoms with Crippen molar-refractivity contribution in [2.24, 2.45) is 11.1 Å². The molecule has 0 bridgehead atoms. The van der Waals surface area contributed by atoms with Crippen LogP contribution in [0, 0.1) is 28.1 Å². The Balaban J connectivity index is 1.58. The Labute approximate surface area is 233 Å². The van der Waals surface area contributed by atoms with Gasteiger partial charge in [-0.2, -0.15) is 10.5 Å². The van der Waals surface area contributed by atoms with E-state index in [-0.39, 0.29) is 11.5 Å². The van der Waals surface area contributed by atoms with E-state index >= 15 is 0 Å². The Bertz CT molecular complexity index is 1330. The number of piperidine rings is 1. The van der Waals surface area contributed by atoms with Crippen molar-refractivity contribution in [2.45, 2.75) is 62.8 Å². The van der Waals surface area contributed by atoms with Crippen LogP contribution in [0.4, 0.5) is 10.6 Å². The summed E-state index contributed by atoms with van der Waals surface area (Å²) in [6, 6.07) is 13.7. The Hall–Kier alpha value is -3.76. The molecule has 2 fully saturated rings. The molecule has 9 nitrogen and oxygen atoms in total. The molecule has 0 saturated carbocycles. The molecule has 2 saturated heterocycles. The molecule has 1 unspecified atom stereocenters. The topological polar surface area (TPSA) is 136 Å². The number of hydrogen-bond acceptors (Lipinski definition) is 8. The van der Waals surface area contributed by atoms with E-state index in [9.17, 15) is 20.1 Å². The Morgan fingerprint density at radius 2 is 1.74 bits per heavy atom. The normalized spacial score (nSPS) is 17.1. The van der Waals surface area contributed by atoms with Crippen LogP contribution in [-0.4, -0.2) is 53.7 Å². The number of carbonyl (C=O) groups excluding carboxylic acids is 2. The summed E-state index contributed by atoms with van der Waals surface area (Å²) < 4.78 is 5.51. The van der Waals surface area contributed by atoms with Crippen LogP contribution in [0.1, 0.15) is 68.0 Å². The van der Waals surface area contributed by atoms with Gasteiger partial charge < -0.3 is 20.3 Å². The largest absolute Gasteiger partial charge is 0.444 e. The third-order valence-corrected chi connectivity index (χ3v) is 8.50. The lowest BCUT2D eigenvalue weighted by Crippen LogP contribution is -2.62. The van der Waals surface area contributed by atoms with Crippen molar-refractivity contribution in [1.82, 2.24) is 9.88 Å². The summed E-state index contributed by atoms with van der Waals surface area (Å²) in [5, 5.41) is 19.8. The summed E-state index contributed by atoms with van der Waals surface area (Å²) in [4.78, 5) is 33.5. The van der Waals surface area contributed by atoms with Crippen molar-refractivity contribution in [3.05, 3.63) is 52.6 Å². The second-order valence-corrected chi connectivity index (χ2v) is 12.3. The summed E-state index contributed by atoms with van der Waals surface area (Å²) in [6.07, 6.45) is 1.88. The summed E-state index contributed by atoms with van der Waals surface area (Å²) >= 11 is 1.15. The van der Waals surface area contributed by atoms with E-state index in [1.807, 2.05) is 58.0 Å². The van der Waals surface area contributed by atoms with Gasteiger partial charge in [0.1, 0.15) is 33.8 Å². The fourth-order valence-corrected chi connectivity index (χ4v) is 6.31. The van der Waals surface area contributed by atoms with Crippen molar-refractivity contribution in [3.63, 3.8) is 0 Å². The van der Waals surface area contributed by atoms with Crippen LogP contribution < -0.4 is 10.6 Å². The second-order valence-electron chi connectivity index (χ2n) is 11.2. The number of primary amides is 1. The minimum absolute atomic E-state index is 0.0301. The van der Waals surface area contributed by atoms with Gasteiger partial charge in [-0.05, 0) is 51.2 Å². The quantitative estimate of drug-likeness (QED) is 0.521. The van der Waals surface area contributed by atoms with E-state index in [1.54, 1.807) is 4.90 Å². The van der Waals surface area contributed by atoms with Gasteiger partial charge in [0, 0.05) is 31.6 Å². The molecule has 1 atom stereocenters. The van der Waals surface area contributed by atoms with Crippen LogP contribution in [0.2, 0.25) is 0 Å². The van der Waals surface area contributed by atoms with Gasteiger partial charge in [-0.1, -0.05) is 49.0 Å². The Morgan fingerprint density at radius 3 is 2.26 bits per heavy atom. The summed E-state index contributed by atoms with van der Waals surface area (Å²) in [7, 11) is 0. The van der Waals surface area contributed by atoms with Gasteiger partial charge in [0.05, 0.1) is 11.1 Å². The number of ether oxygens (including phenoxy) is 1. The first-order valence-corrected chi connectivity index (χ1v) is 14.0. The molecular formula is C29H34N6O3S. The number of anilines is 1. The summed E-state index contributed by atoms with van der Waals surface area (Å²) in [5.74, 6) is 0.00518. The number of aromatic nitrogens is 1. The Kier molecular flexibility index (Phi) is 8.08. The average molecular weight is 547 g/mol. The zero-order valence-electron chi connectivity index (χ0n) is 22.9. The first-order chi connectivity index (χ1) is 18.5. The highest BCUT2D eigenvalue weighted by molar-refractivity contribution is 8.00. The van der Waals surface area contributed by atoms with Gasteiger partial charge in [-0.3, -0.25) is 4.79 Å². The van der Waals surface area contributed by atoms with Crippen LogP contribution in [0.5, 0.6) is 0 Å². The van der Waals surface area contributed by atoms with Gasteiger partial charge in [-0.25, -0.2) is 9.78 Å². The van der Waals surface area contributed by atoms with E-state index in [0.717, 1.165) is 30.2 Å². The van der Waals surface area contributed by atoms with Gasteiger partial charge in [-0.15, -0.1) is 0 Å². The fourth-order valence-electron chi connectivity index (χ4n) is 5.26. The number of likely N-dealkylation sites (tertiary alicyclic amines) is 1. The molecule has 1 aromatic heterocycles. The molecule has 1 aromatic carbocycles. The minimum Gasteiger partial charge on any atom is -0.444 e. The van der Waals surface area contributed by atoms with Crippen LogP contribution in [0.3, 0.4) is 0 Å². The molecule has 39 heavy (non-hydrogen) atoms. The van der Waals surface area contributed by atoms with E-state index in [4.69, 9.17) is 15.5 Å². The zero-order chi connectivity index (χ0) is 28.4. The van der Waals surface area contributed by atoms with Crippen molar-refractivity contribution in [1.29, 1.82) is 10.5 Å². The van der Waals surface area contributed by atoms with Crippen LogP contribution in [-0.2, 0) is 16.0 Å². The van der Waals surface area contributed by atoms with E-state index in [0.29, 0.717) is 60.1 Å². The van der Waals surface area contributed by atoms with Crippen molar-refractivity contribution < 1.29 is 14.3 Å². The van der Waals surface area contributed by atoms with E-state index in [2.05, 4.69) is 17.0 Å². The lowest BCUT2D eigenvalue weighted by molar-refractivity contribution is -0.117. The summed E-state index contributed by atoms with van der Waals surface area (Å²) in [6.45, 7) is 10.1. The maximum absolute atomic E-state index is 12.4. The van der Waals surface area contributed by atoms with Gasteiger partial charge in [0.2, 0.25) is 5.91 Å². The third-order valence-electron chi connectivity index (χ3n) is 7.24. The number of rotatable bonds is 6. The third kappa shape index (κ3) is 5.97. The monoisotopic (exact) mass is 546 g/mol. The van der Waals surface area contributed by atoms with Crippen molar-refractivity contribution >= 4 is 29.6 Å². The minimum atomic E-state index is -0.727. The van der Waals surface area contributed by atoms with Gasteiger partial charge in [0.25, 0.3) is 0 Å². The maximum Gasteiger partial charge on any atom is 0.410 e. The number of thioether (sulfide) groups is 1. The molecule has 4 rings (SSSR count). The zero-order valence-corrected chi connectivity index (χ0v) is 23.7. The molecule has 204 valence electrons. The molecule has 2 aliphatic heterocycles. The molecule has 1 spiro atoms. The smallest absolute Gasteiger partial charge is 0.410 e. The predicted octanol–water partition coefficient (Wildman–Crippen LogP) is 4.54. The molecule has 2 N–H and O–H groups in total. The average Bonchev–Trinajstić information content (AvgIpc) is 2.88. The van der Waals surface area contributed by atoms with E-state index < -0.39 is 16.8 Å². The highest BCUT2D eigenvalue weighted by Crippen LogP contribution is 2.44. The van der Waals surface area contributed by atoms with Gasteiger partial charge >= 0.3 is 6.09 Å². The van der Waals surface area contributed by atoms with Crippen molar-refractivity contribution in [2.75, 3.05) is 31.1 Å². The van der Waals surface area contributed by atoms with E-state index in [1.165, 1.54) is 0 Å². The van der Waals surface area contributed by atoms with Crippen LogP contribution >= 0.6 is 11.8 Å². The SMILES string of the molecule is CCc1c(C#N)c(SC(C(N)=O)c2ccccc2)nc(N2CCC3(CC2)CN(C(=O)OC(C)(C)C)C3)c1C#N. The maximum atomic E-state index is 12.4. The molecule has 0 radical (unpaired) electrons. The number of nitrogens with zero attached hydrogens (tertiary/aromatic N) is 5. The van der Waals surface area contributed by atoms with Crippen LogP contribution in [0.15, 0.2) is 35.4 Å². The second kappa shape index (κ2) is 11.2. The molecule has 2 amide bonds. The van der Waals surface area contributed by atoms with Crippen molar-refractivity contribution in [3.8, 4) is 12.1 Å². The number of nitrogens with two attached hydrogens (primary N) is 1. The number of nitriles is 2. The highest BCUT2D eigenvalue weighted by Gasteiger charge is 2.48. The Morgan fingerprint density at radius 1 is 1.13 bits per heavy atom. The molecule has 2 aromatic rings. The van der Waals surface area contributed by atoms with Crippen LogP contribution in [0.25, 0.3) is 0 Å². The lowest BCUT2D eigenvalue weighted by Gasteiger charge is -2.53. The fraction of sp³-hybridized carbons (Fsp3) is 0.483. The highest BCUT2D eigenvalue weighted by atomic mass is 32.2. The number of pyridine rings is 1. The first kappa shape index (κ1) is 28.3. The predicted molar refractivity (Wildman–Crippen MR) is 149 cm³/mol. The molecular weight excluding hydrogens is 512 g/mol. The summed E-state index contributed by atoms with van der Waals surface area (Å²) in [5.41, 5.74) is 7.33. The van der Waals surface area contributed by atoms with Gasteiger partial charge in [0.15, 0.2) is 0 Å². The first-order valence-electron chi connectivity index (χ1n) is 13.1. The molecule has 10 heteroatoms. The number of benzene rings is 1. The number of amides is 2. The molecule has 2 aliphatic rings.